The lowest BCUT2D eigenvalue weighted by Gasteiger charge is -2.38. The van der Waals surface area contributed by atoms with E-state index in [9.17, 15) is 0 Å². The number of aromatic amines is 1. The van der Waals surface area contributed by atoms with Gasteiger partial charge in [-0.15, -0.1) is 11.3 Å². The van der Waals surface area contributed by atoms with Gasteiger partial charge in [-0.2, -0.15) is 15.3 Å². The van der Waals surface area contributed by atoms with Crippen LogP contribution in [0.5, 0.6) is 0 Å². The molecule has 10 heteroatoms. The number of anilines is 3. The molecule has 0 radical (unpaired) electrons. The van der Waals surface area contributed by atoms with E-state index in [1.165, 1.54) is 12.8 Å². The molecule has 3 aromatic rings. The standard InChI is InChI=1S/C22H28N8OS/c1-13-8-19(29-28-13)25-20-18-11-17(12-31-2)32-21(18)27-22(26-20)24-14-9-15-4-5-16(10-14)30(15)7-3-6-23/h8,11,14-16H,3-5,7,9-10,12H2,1-2H3,(H3,24,25,26,27,28,29)/t14-,15-,16+. The zero-order chi connectivity index (χ0) is 22.1. The predicted octanol–water partition coefficient (Wildman–Crippen LogP) is 3.93. The first-order valence-electron chi connectivity index (χ1n) is 11.1. The highest BCUT2D eigenvalue weighted by Crippen LogP contribution is 2.37. The molecule has 3 atom stereocenters. The van der Waals surface area contributed by atoms with Crippen LogP contribution >= 0.6 is 11.3 Å². The molecule has 3 aromatic heterocycles. The molecule has 0 aliphatic carbocycles. The van der Waals surface area contributed by atoms with Crippen molar-refractivity contribution in [3.63, 3.8) is 0 Å². The highest BCUT2D eigenvalue weighted by Gasteiger charge is 2.40. The molecule has 2 fully saturated rings. The van der Waals surface area contributed by atoms with E-state index in [-0.39, 0.29) is 0 Å². The Balaban J connectivity index is 1.38. The summed E-state index contributed by atoms with van der Waals surface area (Å²) < 4.78 is 5.32. The van der Waals surface area contributed by atoms with Crippen LogP contribution in [0.1, 0.15) is 42.7 Å². The molecule has 0 amide bonds. The molecular formula is C22H28N8OS. The maximum Gasteiger partial charge on any atom is 0.226 e. The largest absolute Gasteiger partial charge is 0.379 e. The summed E-state index contributed by atoms with van der Waals surface area (Å²) in [4.78, 5) is 14.2. The molecule has 2 aliphatic rings. The van der Waals surface area contributed by atoms with Gasteiger partial charge in [0.25, 0.3) is 0 Å². The van der Waals surface area contributed by atoms with E-state index in [4.69, 9.17) is 20.0 Å². The molecule has 3 N–H and O–H groups in total. The lowest BCUT2D eigenvalue weighted by atomic mass is 9.97. The van der Waals surface area contributed by atoms with Gasteiger partial charge >= 0.3 is 0 Å². The van der Waals surface area contributed by atoms with E-state index >= 15 is 0 Å². The molecule has 2 saturated heterocycles. The van der Waals surface area contributed by atoms with E-state index in [0.717, 1.165) is 51.8 Å². The zero-order valence-corrected chi connectivity index (χ0v) is 19.2. The highest BCUT2D eigenvalue weighted by molar-refractivity contribution is 7.18. The highest BCUT2D eigenvalue weighted by atomic mass is 32.1. The van der Waals surface area contributed by atoms with Gasteiger partial charge in [-0.1, -0.05) is 0 Å². The number of methoxy groups -OCH3 is 1. The first kappa shape index (κ1) is 21.1. The topological polar surface area (TPSA) is 115 Å². The maximum atomic E-state index is 8.97. The van der Waals surface area contributed by atoms with Gasteiger partial charge in [-0.3, -0.25) is 10.00 Å². The number of aryl methyl sites for hydroxylation is 1. The number of fused-ring (bicyclic) bond motifs is 3. The minimum atomic E-state index is 0.335. The summed E-state index contributed by atoms with van der Waals surface area (Å²) in [6.07, 6.45) is 5.15. The summed E-state index contributed by atoms with van der Waals surface area (Å²) in [6.45, 7) is 3.41. The van der Waals surface area contributed by atoms with Crippen molar-refractivity contribution in [1.29, 1.82) is 5.26 Å². The number of hydrogen-bond acceptors (Lipinski definition) is 9. The summed E-state index contributed by atoms with van der Waals surface area (Å²) in [6, 6.07) is 7.76. The van der Waals surface area contributed by atoms with Crippen molar-refractivity contribution in [1.82, 2.24) is 25.1 Å². The first-order valence-corrected chi connectivity index (χ1v) is 11.9. The van der Waals surface area contributed by atoms with Crippen LogP contribution in [-0.4, -0.2) is 56.8 Å². The number of ether oxygens (including phenoxy) is 1. The van der Waals surface area contributed by atoms with Gasteiger partial charge < -0.3 is 15.4 Å². The quantitative estimate of drug-likeness (QED) is 0.471. The average molecular weight is 453 g/mol. The van der Waals surface area contributed by atoms with Crippen LogP contribution in [-0.2, 0) is 11.3 Å². The number of thiophene rings is 1. The molecule has 0 aromatic carbocycles. The Morgan fingerprint density at radius 2 is 2.09 bits per heavy atom. The Hall–Kier alpha value is -2.74. The van der Waals surface area contributed by atoms with E-state index in [1.807, 2.05) is 13.0 Å². The predicted molar refractivity (Wildman–Crippen MR) is 125 cm³/mol. The van der Waals surface area contributed by atoms with Crippen molar-refractivity contribution in [2.75, 3.05) is 24.3 Å². The molecule has 2 bridgehead atoms. The lowest BCUT2D eigenvalue weighted by molar-refractivity contribution is 0.135. The number of hydrogen-bond donors (Lipinski definition) is 3. The molecule has 5 heterocycles. The van der Waals surface area contributed by atoms with Crippen molar-refractivity contribution in [2.24, 2.45) is 0 Å². The van der Waals surface area contributed by atoms with Crippen molar-refractivity contribution < 1.29 is 4.74 Å². The average Bonchev–Trinajstić information content (AvgIpc) is 3.42. The van der Waals surface area contributed by atoms with E-state index < -0.39 is 0 Å². The van der Waals surface area contributed by atoms with Crippen LogP contribution in [0.4, 0.5) is 17.6 Å². The third-order valence-corrected chi connectivity index (χ3v) is 7.38. The van der Waals surface area contributed by atoms with Crippen molar-refractivity contribution >= 4 is 39.1 Å². The van der Waals surface area contributed by atoms with E-state index in [2.05, 4.69) is 37.9 Å². The molecule has 2 aliphatic heterocycles. The van der Waals surface area contributed by atoms with Crippen LogP contribution in [0, 0.1) is 18.3 Å². The Morgan fingerprint density at radius 1 is 1.28 bits per heavy atom. The van der Waals surface area contributed by atoms with Crippen molar-refractivity contribution in [2.45, 2.75) is 63.8 Å². The number of nitrogens with one attached hydrogen (secondary N) is 3. The number of nitrogens with zero attached hydrogens (tertiary/aromatic N) is 5. The summed E-state index contributed by atoms with van der Waals surface area (Å²) >= 11 is 1.63. The zero-order valence-electron chi connectivity index (χ0n) is 18.4. The van der Waals surface area contributed by atoms with Crippen molar-refractivity contribution in [3.8, 4) is 6.07 Å². The number of aromatic nitrogens is 4. The minimum absolute atomic E-state index is 0.335. The van der Waals surface area contributed by atoms with Crippen LogP contribution in [0.15, 0.2) is 12.1 Å². The molecule has 0 saturated carbocycles. The third kappa shape index (κ3) is 4.28. The van der Waals surface area contributed by atoms with Gasteiger partial charge in [0, 0.05) is 54.8 Å². The second-order valence-electron chi connectivity index (χ2n) is 8.67. The normalized spacial score (nSPS) is 22.8. The Kier molecular flexibility index (Phi) is 5.95. The summed E-state index contributed by atoms with van der Waals surface area (Å²) in [5, 5.41) is 24.2. The molecule has 32 heavy (non-hydrogen) atoms. The Bertz CT molecular complexity index is 1120. The molecular weight excluding hydrogens is 424 g/mol. The molecule has 0 unspecified atom stereocenters. The molecule has 9 nitrogen and oxygen atoms in total. The fourth-order valence-corrected chi connectivity index (χ4v) is 6.07. The summed E-state index contributed by atoms with van der Waals surface area (Å²) in [5.74, 6) is 2.13. The number of piperidine rings is 1. The second-order valence-corrected chi connectivity index (χ2v) is 9.78. The Labute approximate surface area is 191 Å². The van der Waals surface area contributed by atoms with Gasteiger partial charge in [0.2, 0.25) is 5.95 Å². The number of rotatable bonds is 8. The monoisotopic (exact) mass is 452 g/mol. The smallest absolute Gasteiger partial charge is 0.226 e. The molecule has 168 valence electrons. The van der Waals surface area contributed by atoms with Crippen LogP contribution in [0.25, 0.3) is 10.2 Å². The van der Waals surface area contributed by atoms with Gasteiger partial charge in [0.1, 0.15) is 10.6 Å². The summed E-state index contributed by atoms with van der Waals surface area (Å²) in [7, 11) is 1.70. The summed E-state index contributed by atoms with van der Waals surface area (Å²) in [5.41, 5.74) is 0.986. The fourth-order valence-electron chi connectivity index (χ4n) is 5.07. The number of H-pyrrole nitrogens is 1. The van der Waals surface area contributed by atoms with Crippen molar-refractivity contribution in [3.05, 3.63) is 22.7 Å². The Morgan fingerprint density at radius 3 is 2.78 bits per heavy atom. The van der Waals surface area contributed by atoms with Gasteiger partial charge in [0.15, 0.2) is 5.82 Å². The first-order chi connectivity index (χ1) is 15.6. The molecule has 5 rings (SSSR count). The second kappa shape index (κ2) is 9.02. The third-order valence-electron chi connectivity index (χ3n) is 6.38. The lowest BCUT2D eigenvalue weighted by Crippen LogP contribution is -2.47. The van der Waals surface area contributed by atoms with E-state index in [0.29, 0.717) is 37.1 Å². The van der Waals surface area contributed by atoms with Gasteiger partial charge in [0.05, 0.1) is 18.1 Å². The molecule has 0 spiro atoms. The van der Waals surface area contributed by atoms with Gasteiger partial charge in [-0.25, -0.2) is 4.98 Å². The number of nitriles is 1. The van der Waals surface area contributed by atoms with Crippen LogP contribution in [0.3, 0.4) is 0 Å². The van der Waals surface area contributed by atoms with Gasteiger partial charge in [-0.05, 0) is 38.7 Å². The minimum Gasteiger partial charge on any atom is -0.379 e. The van der Waals surface area contributed by atoms with E-state index in [1.54, 1.807) is 18.4 Å². The fraction of sp³-hybridized carbons (Fsp3) is 0.545. The maximum absolute atomic E-state index is 8.97. The van der Waals surface area contributed by atoms with Crippen LogP contribution in [0.2, 0.25) is 0 Å². The van der Waals surface area contributed by atoms with Crippen LogP contribution < -0.4 is 10.6 Å². The SMILES string of the molecule is COCc1cc2c(Nc3cc(C)[nH]n3)nc(N[C@@H]3C[C@H]4CC[C@@H](C3)N4CCC#N)nc2s1.